The summed E-state index contributed by atoms with van der Waals surface area (Å²) in [6.07, 6.45) is -0.987. The van der Waals surface area contributed by atoms with Crippen LogP contribution in [-0.2, 0) is 22.7 Å². The maximum atomic E-state index is 12.9. The molecule has 1 unspecified atom stereocenters. The van der Waals surface area contributed by atoms with Gasteiger partial charge >= 0.3 is 6.09 Å². The number of methoxy groups -OCH3 is 1. The third-order valence-corrected chi connectivity index (χ3v) is 5.01. The number of aliphatic hydroxyl groups is 1. The first-order valence-corrected chi connectivity index (χ1v) is 9.54. The maximum absolute atomic E-state index is 12.9. The fourth-order valence-electron chi connectivity index (χ4n) is 3.42. The van der Waals surface area contributed by atoms with E-state index >= 15 is 0 Å². The van der Waals surface area contributed by atoms with Crippen molar-refractivity contribution in [1.82, 2.24) is 9.80 Å². The smallest absolute Gasteiger partial charge is 0.412 e. The number of amides is 2. The lowest BCUT2D eigenvalue weighted by Gasteiger charge is -2.29. The van der Waals surface area contributed by atoms with Gasteiger partial charge in [-0.3, -0.25) is 9.69 Å². The minimum atomic E-state index is -1.03. The number of carbonyl (C=O) groups is 2. The van der Waals surface area contributed by atoms with Gasteiger partial charge in [-0.15, -0.1) is 0 Å². The van der Waals surface area contributed by atoms with Crippen LogP contribution in [0.3, 0.4) is 0 Å². The highest BCUT2D eigenvalue weighted by molar-refractivity contribution is 5.86. The molecular weight excluding hydrogens is 372 g/mol. The van der Waals surface area contributed by atoms with Gasteiger partial charge < -0.3 is 19.5 Å². The van der Waals surface area contributed by atoms with Crippen LogP contribution in [0.5, 0.6) is 5.75 Å². The van der Waals surface area contributed by atoms with E-state index in [9.17, 15) is 14.7 Å². The number of carbonyl (C=O) groups excluding carboxylic acids is 2. The number of hydrogen-bond donors (Lipinski definition) is 1. The summed E-state index contributed by atoms with van der Waals surface area (Å²) in [7, 11) is 3.27. The van der Waals surface area contributed by atoms with E-state index in [-0.39, 0.29) is 12.5 Å². The lowest BCUT2D eigenvalue weighted by atomic mass is 10.1. The lowest BCUT2D eigenvalue weighted by molar-refractivity contribution is -0.136. The predicted molar refractivity (Wildman–Crippen MR) is 107 cm³/mol. The van der Waals surface area contributed by atoms with Crippen LogP contribution in [0.4, 0.5) is 4.79 Å². The molecule has 1 N–H and O–H groups in total. The molecule has 2 aromatic carbocycles. The summed E-state index contributed by atoms with van der Waals surface area (Å²) >= 11 is 0. The molecule has 0 saturated carbocycles. The summed E-state index contributed by atoms with van der Waals surface area (Å²) in [5.74, 6) is 0.494. The zero-order chi connectivity index (χ0) is 20.8. The van der Waals surface area contributed by atoms with Gasteiger partial charge in [-0.1, -0.05) is 42.5 Å². The van der Waals surface area contributed by atoms with Crippen molar-refractivity contribution in [3.05, 3.63) is 65.7 Å². The number of hydrogen-bond acceptors (Lipinski definition) is 5. The highest BCUT2D eigenvalue weighted by Gasteiger charge is 2.42. The van der Waals surface area contributed by atoms with Gasteiger partial charge in [0.25, 0.3) is 0 Å². The molecule has 1 heterocycles. The standard InChI is InChI=1S/C22H26N2O5/c1-23(14-16-6-4-3-5-7-16)21(26)19-12-13-20(25)24(19)22(27)29-15-17-8-10-18(28-2)11-9-17/h3-11,19-20,25H,12-15H2,1-2H3/t19-,20?/m0/s1. The summed E-state index contributed by atoms with van der Waals surface area (Å²) in [6, 6.07) is 16.0. The van der Waals surface area contributed by atoms with Crippen LogP contribution in [0, 0.1) is 0 Å². The largest absolute Gasteiger partial charge is 0.497 e. The van der Waals surface area contributed by atoms with Gasteiger partial charge in [-0.25, -0.2) is 4.79 Å². The fraction of sp³-hybridized carbons (Fsp3) is 0.364. The molecule has 1 saturated heterocycles. The Morgan fingerprint density at radius 1 is 1.07 bits per heavy atom. The number of aliphatic hydroxyl groups excluding tert-OH is 1. The maximum Gasteiger partial charge on any atom is 0.412 e. The zero-order valence-corrected chi connectivity index (χ0v) is 16.7. The van der Waals surface area contributed by atoms with Gasteiger partial charge in [0.1, 0.15) is 24.6 Å². The molecule has 2 amide bonds. The molecule has 0 bridgehead atoms. The second-order valence-corrected chi connectivity index (χ2v) is 7.06. The van der Waals surface area contributed by atoms with E-state index in [0.717, 1.165) is 16.0 Å². The van der Waals surface area contributed by atoms with Gasteiger partial charge in [0.15, 0.2) is 0 Å². The van der Waals surface area contributed by atoms with E-state index < -0.39 is 18.4 Å². The van der Waals surface area contributed by atoms with Crippen molar-refractivity contribution >= 4 is 12.0 Å². The Labute approximate surface area is 170 Å². The Bertz CT molecular complexity index is 825. The molecule has 2 aromatic rings. The first-order valence-electron chi connectivity index (χ1n) is 9.54. The number of ether oxygens (including phenoxy) is 2. The molecule has 2 atom stereocenters. The third kappa shape index (κ3) is 5.06. The second kappa shape index (κ2) is 9.43. The van der Waals surface area contributed by atoms with Crippen molar-refractivity contribution < 1.29 is 24.2 Å². The molecule has 7 nitrogen and oxygen atoms in total. The van der Waals surface area contributed by atoms with Crippen LogP contribution >= 0.6 is 0 Å². The average molecular weight is 398 g/mol. The first kappa shape index (κ1) is 20.7. The Hall–Kier alpha value is -3.06. The lowest BCUT2D eigenvalue weighted by Crippen LogP contribution is -2.49. The van der Waals surface area contributed by atoms with Crippen LogP contribution in [0.15, 0.2) is 54.6 Å². The molecule has 0 radical (unpaired) electrons. The molecule has 154 valence electrons. The van der Waals surface area contributed by atoms with E-state index in [1.165, 1.54) is 0 Å². The van der Waals surface area contributed by atoms with Gasteiger partial charge in [-0.2, -0.15) is 0 Å². The predicted octanol–water partition coefficient (Wildman–Crippen LogP) is 2.77. The quantitative estimate of drug-likeness (QED) is 0.809. The first-order chi connectivity index (χ1) is 14.0. The highest BCUT2D eigenvalue weighted by atomic mass is 16.6. The van der Waals surface area contributed by atoms with Crippen LogP contribution in [0.25, 0.3) is 0 Å². The van der Waals surface area contributed by atoms with E-state index in [1.54, 1.807) is 43.3 Å². The Morgan fingerprint density at radius 3 is 2.41 bits per heavy atom. The normalized spacial score (nSPS) is 18.4. The summed E-state index contributed by atoms with van der Waals surface area (Å²) in [6.45, 7) is 0.480. The van der Waals surface area contributed by atoms with Gasteiger partial charge in [0.2, 0.25) is 5.91 Å². The molecule has 0 spiro atoms. The van der Waals surface area contributed by atoms with E-state index in [2.05, 4.69) is 0 Å². The van der Waals surface area contributed by atoms with E-state index in [0.29, 0.717) is 25.1 Å². The average Bonchev–Trinajstić information content (AvgIpc) is 3.14. The summed E-state index contributed by atoms with van der Waals surface area (Å²) in [5.41, 5.74) is 1.78. The molecule has 7 heteroatoms. The molecule has 0 aromatic heterocycles. The second-order valence-electron chi connectivity index (χ2n) is 7.06. The van der Waals surface area contributed by atoms with Crippen molar-refractivity contribution in [3.8, 4) is 5.75 Å². The molecule has 1 aliphatic rings. The SMILES string of the molecule is COc1ccc(COC(=O)N2C(O)CC[C@H]2C(=O)N(C)Cc2ccccc2)cc1. The monoisotopic (exact) mass is 398 g/mol. The molecular formula is C22H26N2O5. The van der Waals surface area contributed by atoms with E-state index in [4.69, 9.17) is 9.47 Å². The van der Waals surface area contributed by atoms with Gasteiger partial charge in [-0.05, 0) is 36.1 Å². The molecule has 0 aliphatic carbocycles. The van der Waals surface area contributed by atoms with Gasteiger partial charge in [0, 0.05) is 13.6 Å². The number of likely N-dealkylation sites (N-methyl/N-ethyl adjacent to an activating group) is 1. The fourth-order valence-corrected chi connectivity index (χ4v) is 3.42. The van der Waals surface area contributed by atoms with Crippen LogP contribution in [-0.4, -0.2) is 53.3 Å². The topological polar surface area (TPSA) is 79.3 Å². The van der Waals surface area contributed by atoms with Crippen molar-refractivity contribution in [1.29, 1.82) is 0 Å². The highest BCUT2D eigenvalue weighted by Crippen LogP contribution is 2.26. The minimum absolute atomic E-state index is 0.0484. The van der Waals surface area contributed by atoms with Crippen LogP contribution < -0.4 is 4.74 Å². The zero-order valence-electron chi connectivity index (χ0n) is 16.7. The molecule has 29 heavy (non-hydrogen) atoms. The summed E-state index contributed by atoms with van der Waals surface area (Å²) in [5, 5.41) is 10.3. The number of likely N-dealkylation sites (tertiary alicyclic amines) is 1. The van der Waals surface area contributed by atoms with Crippen molar-refractivity contribution in [2.45, 2.75) is 38.3 Å². The number of nitrogens with zero attached hydrogens (tertiary/aromatic N) is 2. The van der Waals surface area contributed by atoms with Crippen molar-refractivity contribution in [2.24, 2.45) is 0 Å². The Morgan fingerprint density at radius 2 is 1.76 bits per heavy atom. The van der Waals surface area contributed by atoms with E-state index in [1.807, 2.05) is 30.3 Å². The molecule has 1 fully saturated rings. The van der Waals surface area contributed by atoms with Crippen molar-refractivity contribution in [2.75, 3.05) is 14.2 Å². The summed E-state index contributed by atoms with van der Waals surface area (Å²) in [4.78, 5) is 28.2. The van der Waals surface area contributed by atoms with Crippen LogP contribution in [0.1, 0.15) is 24.0 Å². The number of rotatable bonds is 6. The third-order valence-electron chi connectivity index (χ3n) is 5.01. The van der Waals surface area contributed by atoms with Crippen LogP contribution in [0.2, 0.25) is 0 Å². The molecule has 3 rings (SSSR count). The van der Waals surface area contributed by atoms with Gasteiger partial charge in [0.05, 0.1) is 7.11 Å². The Balaban J connectivity index is 1.61. The Kier molecular flexibility index (Phi) is 6.72. The molecule has 1 aliphatic heterocycles. The minimum Gasteiger partial charge on any atom is -0.497 e. The summed E-state index contributed by atoms with van der Waals surface area (Å²) < 4.78 is 10.5. The number of benzene rings is 2. The van der Waals surface area contributed by atoms with Crippen molar-refractivity contribution in [3.63, 3.8) is 0 Å².